The number of hydrogen-bond acceptors (Lipinski definition) is 8. The molecule has 0 bridgehead atoms. The fraction of sp³-hybridized carbons (Fsp3) is 0. The molecule has 8 nitrogen and oxygen atoms in total. The standard InChI is InChI=1S/C10H5FN4O4.Na/c11-4-1-2-6-5(3-4)12-9(18-6)13-10-15-14-7(19-10)8(16)17;/h1-3H,(H,16,17)(H,12,13,15);/q;+1/p-1. The Balaban J connectivity index is 0.00000147. The molecule has 0 aliphatic rings. The number of halogens is 1. The number of aromatic carboxylic acids is 1. The van der Waals surface area contributed by atoms with E-state index in [4.69, 9.17) is 8.83 Å². The SMILES string of the molecule is O=C([O-])c1nnc(Nc2nc3cc(F)ccc3o2)o1.[Na+]. The van der Waals surface area contributed by atoms with Gasteiger partial charge in [0.25, 0.3) is 5.89 Å². The maximum absolute atomic E-state index is 12.9. The van der Waals surface area contributed by atoms with Crippen molar-refractivity contribution >= 4 is 29.1 Å². The second-order valence-electron chi connectivity index (χ2n) is 3.46. The number of aromatic nitrogens is 3. The Kier molecular flexibility index (Phi) is 4.02. The first kappa shape index (κ1) is 14.4. The summed E-state index contributed by atoms with van der Waals surface area (Å²) in [7, 11) is 0. The van der Waals surface area contributed by atoms with E-state index in [2.05, 4.69) is 20.5 Å². The Bertz CT molecular complexity index is 772. The van der Waals surface area contributed by atoms with Crippen LogP contribution in [0.25, 0.3) is 11.1 Å². The van der Waals surface area contributed by atoms with Gasteiger partial charge in [0.1, 0.15) is 17.3 Å². The molecule has 0 unspecified atom stereocenters. The fourth-order valence-electron chi connectivity index (χ4n) is 1.40. The summed E-state index contributed by atoms with van der Waals surface area (Å²) in [5, 5.41) is 19.5. The average Bonchev–Trinajstić information content (AvgIpc) is 2.95. The molecule has 0 radical (unpaired) electrons. The molecule has 1 N–H and O–H groups in total. The number of rotatable bonds is 3. The molecular formula is C10H4FN4NaO4. The van der Waals surface area contributed by atoms with E-state index < -0.39 is 17.7 Å². The van der Waals surface area contributed by atoms with Crippen molar-refractivity contribution in [2.75, 3.05) is 5.32 Å². The summed E-state index contributed by atoms with van der Waals surface area (Å²) in [5.74, 6) is -2.73. The molecule has 0 aliphatic carbocycles. The molecule has 3 rings (SSSR count). The third-order valence-corrected chi connectivity index (χ3v) is 2.16. The van der Waals surface area contributed by atoms with E-state index in [1.54, 1.807) is 0 Å². The number of carboxylic acid groups (broad SMARTS) is 1. The zero-order valence-electron chi connectivity index (χ0n) is 10.1. The largest absolute Gasteiger partial charge is 1.00 e. The van der Waals surface area contributed by atoms with Crippen LogP contribution in [0.2, 0.25) is 0 Å². The van der Waals surface area contributed by atoms with Gasteiger partial charge in [0.15, 0.2) is 5.58 Å². The molecule has 3 aromatic rings. The number of nitrogens with zero attached hydrogens (tertiary/aromatic N) is 3. The minimum atomic E-state index is -1.60. The van der Waals surface area contributed by atoms with Crippen LogP contribution in [0.5, 0.6) is 0 Å². The van der Waals surface area contributed by atoms with Crippen LogP contribution >= 0.6 is 0 Å². The summed E-state index contributed by atoms with van der Waals surface area (Å²) in [6.45, 7) is 0. The smallest absolute Gasteiger partial charge is 0.540 e. The maximum Gasteiger partial charge on any atom is 1.00 e. The molecule has 0 amide bonds. The number of anilines is 2. The van der Waals surface area contributed by atoms with Crippen LogP contribution in [0.4, 0.5) is 16.4 Å². The van der Waals surface area contributed by atoms with Gasteiger partial charge in [0, 0.05) is 6.07 Å². The molecule has 2 heterocycles. The predicted molar refractivity (Wildman–Crippen MR) is 55.9 cm³/mol. The number of benzene rings is 1. The van der Waals surface area contributed by atoms with Crippen molar-refractivity contribution in [1.29, 1.82) is 0 Å². The van der Waals surface area contributed by atoms with Crippen LogP contribution in [-0.4, -0.2) is 21.2 Å². The van der Waals surface area contributed by atoms with E-state index in [1.165, 1.54) is 18.2 Å². The third kappa shape index (κ3) is 2.79. The number of carbonyl (C=O) groups excluding carboxylic acids is 1. The molecule has 0 saturated carbocycles. The molecular weight excluding hydrogens is 282 g/mol. The first-order valence-electron chi connectivity index (χ1n) is 5.00. The van der Waals surface area contributed by atoms with Crippen LogP contribution in [0.15, 0.2) is 27.0 Å². The predicted octanol–water partition coefficient (Wildman–Crippen LogP) is -2.54. The third-order valence-electron chi connectivity index (χ3n) is 2.16. The van der Waals surface area contributed by atoms with Gasteiger partial charge in [0.05, 0.1) is 0 Å². The molecule has 10 heteroatoms. The number of nitrogens with one attached hydrogen (secondary N) is 1. The van der Waals surface area contributed by atoms with Gasteiger partial charge in [-0.3, -0.25) is 5.32 Å². The second-order valence-corrected chi connectivity index (χ2v) is 3.46. The Morgan fingerprint density at radius 3 is 2.75 bits per heavy atom. The maximum atomic E-state index is 12.9. The van der Waals surface area contributed by atoms with Crippen LogP contribution in [0.1, 0.15) is 10.7 Å². The first-order chi connectivity index (χ1) is 9.11. The monoisotopic (exact) mass is 286 g/mol. The van der Waals surface area contributed by atoms with Crippen molar-refractivity contribution in [1.82, 2.24) is 15.2 Å². The fourth-order valence-corrected chi connectivity index (χ4v) is 1.40. The van der Waals surface area contributed by atoms with Crippen LogP contribution in [0.3, 0.4) is 0 Å². The summed E-state index contributed by atoms with van der Waals surface area (Å²) < 4.78 is 22.9. The Labute approximate surface area is 132 Å². The van der Waals surface area contributed by atoms with Gasteiger partial charge >= 0.3 is 41.6 Å². The van der Waals surface area contributed by atoms with E-state index in [0.29, 0.717) is 11.1 Å². The first-order valence-corrected chi connectivity index (χ1v) is 5.00. The minimum absolute atomic E-state index is 0. The topological polar surface area (TPSA) is 117 Å². The number of carbonyl (C=O) groups is 1. The molecule has 0 spiro atoms. The van der Waals surface area contributed by atoms with Crippen molar-refractivity contribution in [3.05, 3.63) is 29.9 Å². The molecule has 0 aliphatic heterocycles. The molecule has 2 aromatic heterocycles. The van der Waals surface area contributed by atoms with E-state index in [1.807, 2.05) is 0 Å². The number of oxazole rings is 1. The van der Waals surface area contributed by atoms with E-state index >= 15 is 0 Å². The van der Waals surface area contributed by atoms with Gasteiger partial charge in [-0.15, -0.1) is 5.10 Å². The van der Waals surface area contributed by atoms with E-state index in [9.17, 15) is 14.3 Å². The molecule has 96 valence electrons. The minimum Gasteiger partial charge on any atom is -0.540 e. The van der Waals surface area contributed by atoms with Gasteiger partial charge in [-0.05, 0) is 12.1 Å². The molecule has 0 fully saturated rings. The molecule has 0 saturated heterocycles. The van der Waals surface area contributed by atoms with Crippen molar-refractivity contribution < 1.29 is 52.7 Å². The zero-order valence-corrected chi connectivity index (χ0v) is 12.1. The average molecular weight is 286 g/mol. The summed E-state index contributed by atoms with van der Waals surface area (Å²) in [6, 6.07) is 3.55. The van der Waals surface area contributed by atoms with Gasteiger partial charge in [-0.2, -0.15) is 4.98 Å². The van der Waals surface area contributed by atoms with Gasteiger partial charge < -0.3 is 18.7 Å². The van der Waals surface area contributed by atoms with Crippen LogP contribution in [-0.2, 0) is 0 Å². The summed E-state index contributed by atoms with van der Waals surface area (Å²) in [6.07, 6.45) is 0. The van der Waals surface area contributed by atoms with Gasteiger partial charge in [-0.1, -0.05) is 5.10 Å². The van der Waals surface area contributed by atoms with Crippen molar-refractivity contribution in [3.63, 3.8) is 0 Å². The summed E-state index contributed by atoms with van der Waals surface area (Å²) in [4.78, 5) is 14.3. The Morgan fingerprint density at radius 1 is 1.25 bits per heavy atom. The van der Waals surface area contributed by atoms with E-state index in [0.717, 1.165) is 0 Å². The van der Waals surface area contributed by atoms with Crippen LogP contribution < -0.4 is 40.0 Å². The molecule has 0 atom stereocenters. The number of fused-ring (bicyclic) bond motifs is 1. The molecule has 1 aromatic carbocycles. The normalized spacial score (nSPS) is 10.2. The number of carboxylic acids is 1. The quantitative estimate of drug-likeness (QED) is 0.523. The Hall–Kier alpha value is -1.97. The van der Waals surface area contributed by atoms with Crippen molar-refractivity contribution in [3.8, 4) is 0 Å². The summed E-state index contributed by atoms with van der Waals surface area (Å²) in [5.41, 5.74) is 0.644. The van der Waals surface area contributed by atoms with Crippen molar-refractivity contribution in [2.24, 2.45) is 0 Å². The van der Waals surface area contributed by atoms with Crippen molar-refractivity contribution in [2.45, 2.75) is 0 Å². The van der Waals surface area contributed by atoms with Crippen LogP contribution in [0, 0.1) is 5.82 Å². The van der Waals surface area contributed by atoms with Gasteiger partial charge in [0.2, 0.25) is 0 Å². The summed E-state index contributed by atoms with van der Waals surface area (Å²) >= 11 is 0. The second kappa shape index (κ2) is 5.57. The van der Waals surface area contributed by atoms with E-state index in [-0.39, 0.29) is 41.6 Å². The van der Waals surface area contributed by atoms with Gasteiger partial charge in [-0.25, -0.2) is 4.39 Å². The Morgan fingerprint density at radius 2 is 2.05 bits per heavy atom. The zero-order chi connectivity index (χ0) is 13.4. The molecule has 20 heavy (non-hydrogen) atoms. The number of hydrogen-bond donors (Lipinski definition) is 1.